The number of aryl methyl sites for hydroxylation is 3. The van der Waals surface area contributed by atoms with Crippen LogP contribution in [0.5, 0.6) is 0 Å². The molecule has 0 aliphatic heterocycles. The molecule has 1 N–H and O–H groups in total. The average molecular weight is 320 g/mol. The van der Waals surface area contributed by atoms with Gasteiger partial charge in [0.1, 0.15) is 6.54 Å². The summed E-state index contributed by atoms with van der Waals surface area (Å²) in [6.45, 7) is 6.05. The van der Waals surface area contributed by atoms with Crippen LogP contribution in [0.3, 0.4) is 0 Å². The molecule has 0 bridgehead atoms. The van der Waals surface area contributed by atoms with E-state index >= 15 is 0 Å². The molecular weight excluding hydrogens is 300 g/mol. The van der Waals surface area contributed by atoms with Gasteiger partial charge in [0, 0.05) is 23.3 Å². The highest BCUT2D eigenvalue weighted by atomic mass is 16.2. The Labute approximate surface area is 140 Å². The molecule has 1 aromatic heterocycles. The Hall–Kier alpha value is -2.88. The fourth-order valence-electron chi connectivity index (χ4n) is 2.91. The maximum Gasteiger partial charge on any atom is 0.244 e. The minimum atomic E-state index is -0.113. The summed E-state index contributed by atoms with van der Waals surface area (Å²) in [5.41, 5.74) is 4.68. The Morgan fingerprint density at radius 3 is 2.46 bits per heavy atom. The van der Waals surface area contributed by atoms with Crippen molar-refractivity contribution in [1.29, 1.82) is 0 Å². The average Bonchev–Trinajstić information content (AvgIpc) is 2.54. The first-order valence-electron chi connectivity index (χ1n) is 7.91. The molecular formula is C20H20N2O2. The van der Waals surface area contributed by atoms with Crippen molar-refractivity contribution < 1.29 is 4.79 Å². The zero-order chi connectivity index (χ0) is 17.3. The molecule has 122 valence electrons. The van der Waals surface area contributed by atoms with Crippen molar-refractivity contribution in [2.45, 2.75) is 27.3 Å². The summed E-state index contributed by atoms with van der Waals surface area (Å²) in [5.74, 6) is -0.113. The topological polar surface area (TPSA) is 51.1 Å². The molecule has 0 aliphatic rings. The highest BCUT2D eigenvalue weighted by molar-refractivity contribution is 5.93. The van der Waals surface area contributed by atoms with Crippen LogP contribution in [-0.4, -0.2) is 10.5 Å². The number of nitrogens with one attached hydrogen (secondary N) is 1. The van der Waals surface area contributed by atoms with Gasteiger partial charge in [0.25, 0.3) is 0 Å². The van der Waals surface area contributed by atoms with Crippen LogP contribution in [0, 0.1) is 20.8 Å². The Kier molecular flexibility index (Phi) is 4.21. The van der Waals surface area contributed by atoms with Gasteiger partial charge in [-0.15, -0.1) is 0 Å². The number of benzene rings is 2. The van der Waals surface area contributed by atoms with E-state index in [1.54, 1.807) is 10.8 Å². The van der Waals surface area contributed by atoms with Crippen molar-refractivity contribution in [2.75, 3.05) is 5.32 Å². The lowest BCUT2D eigenvalue weighted by Crippen LogP contribution is -2.21. The predicted molar refractivity (Wildman–Crippen MR) is 97.5 cm³/mol. The van der Waals surface area contributed by atoms with Crippen molar-refractivity contribution in [3.63, 3.8) is 0 Å². The summed E-state index contributed by atoms with van der Waals surface area (Å²) in [6.07, 6.45) is 1.67. The Balaban J connectivity index is 1.91. The first-order chi connectivity index (χ1) is 11.5. The maximum atomic E-state index is 12.5. The van der Waals surface area contributed by atoms with Crippen LogP contribution >= 0.6 is 0 Å². The number of carbonyl (C=O) groups excluding carboxylic acids is 1. The standard InChI is InChI=1S/C20H20N2O2/c1-13-7-8-17-16(11-13)18(23)9-10-22(17)12-19(24)21-20-14(2)5-4-6-15(20)3/h4-11H,12H2,1-3H3,(H,21,24). The number of para-hydroxylation sites is 1. The zero-order valence-electron chi connectivity index (χ0n) is 14.1. The monoisotopic (exact) mass is 320 g/mol. The van der Waals surface area contributed by atoms with Crippen LogP contribution in [0.4, 0.5) is 5.69 Å². The fraction of sp³-hybridized carbons (Fsp3) is 0.200. The van der Waals surface area contributed by atoms with Gasteiger partial charge in [-0.25, -0.2) is 0 Å². The van der Waals surface area contributed by atoms with Crippen molar-refractivity contribution >= 4 is 22.5 Å². The van der Waals surface area contributed by atoms with Gasteiger partial charge in [-0.2, -0.15) is 0 Å². The van der Waals surface area contributed by atoms with Crippen LogP contribution in [-0.2, 0) is 11.3 Å². The third kappa shape index (κ3) is 3.08. The molecule has 24 heavy (non-hydrogen) atoms. The lowest BCUT2D eigenvalue weighted by atomic mass is 10.1. The number of anilines is 1. The van der Waals surface area contributed by atoms with E-state index < -0.39 is 0 Å². The highest BCUT2D eigenvalue weighted by Crippen LogP contribution is 2.19. The van der Waals surface area contributed by atoms with Gasteiger partial charge in [-0.1, -0.05) is 29.8 Å². The maximum absolute atomic E-state index is 12.5. The van der Waals surface area contributed by atoms with Gasteiger partial charge in [0.15, 0.2) is 5.43 Å². The molecule has 0 spiro atoms. The molecule has 0 saturated heterocycles. The van der Waals surface area contributed by atoms with E-state index in [4.69, 9.17) is 0 Å². The summed E-state index contributed by atoms with van der Waals surface area (Å²) >= 11 is 0. The largest absolute Gasteiger partial charge is 0.338 e. The number of aromatic nitrogens is 1. The second kappa shape index (κ2) is 6.32. The van der Waals surface area contributed by atoms with E-state index in [0.29, 0.717) is 5.39 Å². The van der Waals surface area contributed by atoms with Gasteiger partial charge in [-0.3, -0.25) is 9.59 Å². The summed E-state index contributed by atoms with van der Waals surface area (Å²) in [7, 11) is 0. The number of hydrogen-bond acceptors (Lipinski definition) is 2. The number of rotatable bonds is 3. The lowest BCUT2D eigenvalue weighted by molar-refractivity contribution is -0.116. The normalized spacial score (nSPS) is 10.8. The number of nitrogens with zero attached hydrogens (tertiary/aromatic N) is 1. The van der Waals surface area contributed by atoms with Crippen LogP contribution in [0.15, 0.2) is 53.5 Å². The molecule has 0 aliphatic carbocycles. The van der Waals surface area contributed by atoms with Crippen LogP contribution in [0.1, 0.15) is 16.7 Å². The molecule has 3 rings (SSSR count). The van der Waals surface area contributed by atoms with E-state index in [1.807, 2.05) is 57.2 Å². The molecule has 1 amide bonds. The summed E-state index contributed by atoms with van der Waals surface area (Å²) in [4.78, 5) is 24.5. The van der Waals surface area contributed by atoms with E-state index in [1.165, 1.54) is 6.07 Å². The molecule has 4 nitrogen and oxygen atoms in total. The minimum Gasteiger partial charge on any atom is -0.338 e. The van der Waals surface area contributed by atoms with Gasteiger partial charge in [0.2, 0.25) is 5.91 Å². The van der Waals surface area contributed by atoms with E-state index in [0.717, 1.165) is 27.9 Å². The number of fused-ring (bicyclic) bond motifs is 1. The molecule has 2 aromatic carbocycles. The van der Waals surface area contributed by atoms with Gasteiger partial charge < -0.3 is 9.88 Å². The Morgan fingerprint density at radius 1 is 1.04 bits per heavy atom. The lowest BCUT2D eigenvalue weighted by Gasteiger charge is -2.14. The third-order valence-corrected chi connectivity index (χ3v) is 4.19. The van der Waals surface area contributed by atoms with Crippen molar-refractivity contribution in [1.82, 2.24) is 4.57 Å². The van der Waals surface area contributed by atoms with E-state index in [2.05, 4.69) is 5.32 Å². The van der Waals surface area contributed by atoms with Crippen molar-refractivity contribution in [2.24, 2.45) is 0 Å². The number of carbonyl (C=O) groups is 1. The minimum absolute atomic E-state index is 0.0277. The van der Waals surface area contributed by atoms with E-state index in [-0.39, 0.29) is 17.9 Å². The Bertz CT molecular complexity index is 966. The first kappa shape index (κ1) is 16.0. The third-order valence-electron chi connectivity index (χ3n) is 4.19. The molecule has 0 unspecified atom stereocenters. The summed E-state index contributed by atoms with van der Waals surface area (Å²) in [6, 6.07) is 13.1. The van der Waals surface area contributed by atoms with E-state index in [9.17, 15) is 9.59 Å². The molecule has 0 radical (unpaired) electrons. The zero-order valence-corrected chi connectivity index (χ0v) is 14.1. The number of pyridine rings is 1. The second-order valence-corrected chi connectivity index (χ2v) is 6.14. The Morgan fingerprint density at radius 2 is 1.75 bits per heavy atom. The molecule has 0 atom stereocenters. The smallest absolute Gasteiger partial charge is 0.244 e. The van der Waals surface area contributed by atoms with Crippen LogP contribution in [0.2, 0.25) is 0 Å². The number of amides is 1. The molecule has 1 heterocycles. The van der Waals surface area contributed by atoms with Gasteiger partial charge in [-0.05, 0) is 44.0 Å². The SMILES string of the molecule is Cc1ccc2c(c1)c(=O)ccn2CC(=O)Nc1c(C)cccc1C. The highest BCUT2D eigenvalue weighted by Gasteiger charge is 2.10. The predicted octanol–water partition coefficient (Wildman–Crippen LogP) is 3.57. The van der Waals surface area contributed by atoms with Gasteiger partial charge >= 0.3 is 0 Å². The van der Waals surface area contributed by atoms with Crippen LogP contribution < -0.4 is 10.7 Å². The molecule has 0 fully saturated rings. The molecule has 0 saturated carbocycles. The first-order valence-corrected chi connectivity index (χ1v) is 7.91. The molecule has 4 heteroatoms. The fourth-order valence-corrected chi connectivity index (χ4v) is 2.91. The van der Waals surface area contributed by atoms with Crippen molar-refractivity contribution in [3.8, 4) is 0 Å². The second-order valence-electron chi connectivity index (χ2n) is 6.14. The van der Waals surface area contributed by atoms with Gasteiger partial charge in [0.05, 0.1) is 5.52 Å². The summed E-state index contributed by atoms with van der Waals surface area (Å²) < 4.78 is 1.80. The molecule has 3 aromatic rings. The van der Waals surface area contributed by atoms with Crippen LogP contribution in [0.25, 0.3) is 10.9 Å². The summed E-state index contributed by atoms with van der Waals surface area (Å²) in [5, 5.41) is 3.62. The van der Waals surface area contributed by atoms with Crippen molar-refractivity contribution in [3.05, 3.63) is 75.6 Å². The quantitative estimate of drug-likeness (QED) is 0.802. The number of hydrogen-bond donors (Lipinski definition) is 1.